The van der Waals surface area contributed by atoms with Crippen LogP contribution in [0.15, 0.2) is 24.5 Å². The van der Waals surface area contributed by atoms with E-state index in [4.69, 9.17) is 9.47 Å². The van der Waals surface area contributed by atoms with Crippen molar-refractivity contribution in [2.45, 2.75) is 33.4 Å². The van der Waals surface area contributed by atoms with E-state index in [1.54, 1.807) is 14.2 Å². The van der Waals surface area contributed by atoms with Crippen molar-refractivity contribution in [3.05, 3.63) is 35.7 Å². The number of nitrogens with zero attached hydrogens (tertiary/aromatic N) is 2. The van der Waals surface area contributed by atoms with Crippen molar-refractivity contribution in [2.75, 3.05) is 19.5 Å². The van der Waals surface area contributed by atoms with Crippen molar-refractivity contribution < 1.29 is 9.47 Å². The van der Waals surface area contributed by atoms with E-state index >= 15 is 0 Å². The molecular weight excluding hydrogens is 266 g/mol. The predicted octanol–water partition coefficient (Wildman–Crippen LogP) is 3.40. The van der Waals surface area contributed by atoms with Crippen molar-refractivity contribution in [2.24, 2.45) is 0 Å². The van der Waals surface area contributed by atoms with Gasteiger partial charge in [-0.15, -0.1) is 0 Å². The summed E-state index contributed by atoms with van der Waals surface area (Å²) in [6.45, 7) is 7.12. The summed E-state index contributed by atoms with van der Waals surface area (Å²) >= 11 is 0. The summed E-state index contributed by atoms with van der Waals surface area (Å²) in [7, 11) is 3.29. The number of hydrogen-bond donors (Lipinski definition) is 1. The molecule has 0 spiro atoms. The summed E-state index contributed by atoms with van der Waals surface area (Å²) in [5.41, 5.74) is 3.30. The van der Waals surface area contributed by atoms with Crippen LogP contribution in [0, 0.1) is 6.92 Å². The maximum Gasteiger partial charge on any atom is 0.162 e. The molecule has 0 aliphatic heterocycles. The number of aryl methyl sites for hydroxylation is 2. The number of anilines is 1. The molecule has 0 fully saturated rings. The van der Waals surface area contributed by atoms with Gasteiger partial charge in [0.15, 0.2) is 11.5 Å². The van der Waals surface area contributed by atoms with Crippen LogP contribution < -0.4 is 14.8 Å². The number of ether oxygens (including phenoxy) is 2. The molecule has 2 rings (SSSR count). The Hall–Kier alpha value is -2.17. The van der Waals surface area contributed by atoms with Crippen LogP contribution in [0.3, 0.4) is 0 Å². The van der Waals surface area contributed by atoms with Crippen LogP contribution in [0.25, 0.3) is 0 Å². The van der Waals surface area contributed by atoms with E-state index in [1.165, 1.54) is 0 Å². The van der Waals surface area contributed by atoms with Crippen LogP contribution in [0.1, 0.15) is 31.0 Å². The van der Waals surface area contributed by atoms with Gasteiger partial charge >= 0.3 is 0 Å². The Morgan fingerprint density at radius 1 is 1.24 bits per heavy atom. The molecule has 21 heavy (non-hydrogen) atoms. The van der Waals surface area contributed by atoms with Crippen LogP contribution in [-0.2, 0) is 6.54 Å². The molecule has 0 bridgehead atoms. The van der Waals surface area contributed by atoms with Gasteiger partial charge < -0.3 is 14.8 Å². The molecule has 1 heterocycles. The van der Waals surface area contributed by atoms with Gasteiger partial charge in [0.25, 0.3) is 0 Å². The highest BCUT2D eigenvalue weighted by atomic mass is 16.5. The lowest BCUT2D eigenvalue weighted by Gasteiger charge is -2.18. The fraction of sp³-hybridized carbons (Fsp3) is 0.438. The highest BCUT2D eigenvalue weighted by Gasteiger charge is 2.12. The van der Waals surface area contributed by atoms with Crippen molar-refractivity contribution >= 4 is 5.69 Å². The van der Waals surface area contributed by atoms with Gasteiger partial charge in [0, 0.05) is 30.1 Å². The fourth-order valence-corrected chi connectivity index (χ4v) is 2.23. The summed E-state index contributed by atoms with van der Waals surface area (Å²) < 4.78 is 12.6. The maximum absolute atomic E-state index is 5.36. The van der Waals surface area contributed by atoms with Gasteiger partial charge in [-0.2, -0.15) is 5.10 Å². The lowest BCUT2D eigenvalue weighted by molar-refractivity contribution is 0.355. The highest BCUT2D eigenvalue weighted by Crippen LogP contribution is 2.34. The van der Waals surface area contributed by atoms with E-state index in [0.717, 1.165) is 34.9 Å². The largest absolute Gasteiger partial charge is 0.493 e. The minimum atomic E-state index is 0.169. The highest BCUT2D eigenvalue weighted by molar-refractivity contribution is 5.60. The molecule has 5 nitrogen and oxygen atoms in total. The van der Waals surface area contributed by atoms with E-state index in [0.29, 0.717) is 0 Å². The lowest BCUT2D eigenvalue weighted by Crippen LogP contribution is -2.07. The summed E-state index contributed by atoms with van der Waals surface area (Å²) in [4.78, 5) is 0. The lowest BCUT2D eigenvalue weighted by atomic mass is 10.1. The third kappa shape index (κ3) is 3.29. The smallest absolute Gasteiger partial charge is 0.162 e. The topological polar surface area (TPSA) is 48.3 Å². The van der Waals surface area contributed by atoms with Crippen LogP contribution in [-0.4, -0.2) is 24.0 Å². The van der Waals surface area contributed by atoms with E-state index in [9.17, 15) is 0 Å². The van der Waals surface area contributed by atoms with Gasteiger partial charge in [0.2, 0.25) is 0 Å². The number of methoxy groups -OCH3 is 2. The molecule has 1 aromatic carbocycles. The standard InChI is InChI=1S/C16H23N3O2/c1-6-19-10-13(9-17-19)12(3)18-14-8-16(21-5)15(20-4)7-11(14)2/h7-10,12,18H,6H2,1-5H3. The molecule has 2 aromatic rings. The summed E-state index contributed by atoms with van der Waals surface area (Å²) in [6.07, 6.45) is 3.96. The number of nitrogens with one attached hydrogen (secondary N) is 1. The summed E-state index contributed by atoms with van der Waals surface area (Å²) in [6, 6.07) is 4.11. The Kier molecular flexibility index (Phi) is 4.73. The predicted molar refractivity (Wildman–Crippen MR) is 84.2 cm³/mol. The van der Waals surface area contributed by atoms with E-state index < -0.39 is 0 Å². The van der Waals surface area contributed by atoms with Crippen LogP contribution in [0.2, 0.25) is 0 Å². The molecule has 1 atom stereocenters. The Labute approximate surface area is 125 Å². The van der Waals surface area contributed by atoms with Crippen molar-refractivity contribution in [3.8, 4) is 11.5 Å². The summed E-state index contributed by atoms with van der Waals surface area (Å²) in [5.74, 6) is 1.47. The molecule has 1 aromatic heterocycles. The Morgan fingerprint density at radius 2 is 1.90 bits per heavy atom. The Bertz CT molecular complexity index is 608. The first-order chi connectivity index (χ1) is 10.1. The SMILES string of the molecule is CCn1cc(C(C)Nc2cc(OC)c(OC)cc2C)cn1. The molecule has 1 unspecified atom stereocenters. The molecule has 0 aliphatic rings. The number of hydrogen-bond acceptors (Lipinski definition) is 4. The van der Waals surface area contributed by atoms with Crippen LogP contribution in [0.4, 0.5) is 5.69 Å². The fourth-order valence-electron chi connectivity index (χ4n) is 2.23. The number of benzene rings is 1. The second-order valence-electron chi connectivity index (χ2n) is 5.02. The van der Waals surface area contributed by atoms with Crippen LogP contribution in [0.5, 0.6) is 11.5 Å². The third-order valence-corrected chi connectivity index (χ3v) is 3.58. The zero-order chi connectivity index (χ0) is 15.4. The molecule has 0 radical (unpaired) electrons. The van der Waals surface area contributed by atoms with Gasteiger partial charge in [-0.1, -0.05) is 0 Å². The molecule has 1 N–H and O–H groups in total. The monoisotopic (exact) mass is 289 g/mol. The molecule has 0 saturated heterocycles. The molecule has 114 valence electrons. The molecule has 0 aliphatic carbocycles. The molecule has 0 saturated carbocycles. The third-order valence-electron chi connectivity index (χ3n) is 3.58. The van der Waals surface area contributed by atoms with E-state index in [-0.39, 0.29) is 6.04 Å². The number of aromatic nitrogens is 2. The Morgan fingerprint density at radius 3 is 2.48 bits per heavy atom. The average molecular weight is 289 g/mol. The molecular formula is C16H23N3O2. The summed E-state index contributed by atoms with van der Waals surface area (Å²) in [5, 5.41) is 7.81. The van der Waals surface area contributed by atoms with Gasteiger partial charge in [-0.25, -0.2) is 0 Å². The van der Waals surface area contributed by atoms with Gasteiger partial charge in [0.1, 0.15) is 0 Å². The van der Waals surface area contributed by atoms with Gasteiger partial charge in [-0.3, -0.25) is 4.68 Å². The minimum Gasteiger partial charge on any atom is -0.493 e. The normalized spacial score (nSPS) is 12.0. The zero-order valence-electron chi connectivity index (χ0n) is 13.3. The first kappa shape index (κ1) is 15.2. The van der Waals surface area contributed by atoms with Gasteiger partial charge in [-0.05, 0) is 32.4 Å². The first-order valence-corrected chi connectivity index (χ1v) is 7.10. The minimum absolute atomic E-state index is 0.169. The average Bonchev–Trinajstić information content (AvgIpc) is 2.97. The van der Waals surface area contributed by atoms with E-state index in [1.807, 2.05) is 29.9 Å². The molecule has 5 heteroatoms. The van der Waals surface area contributed by atoms with Crippen molar-refractivity contribution in [3.63, 3.8) is 0 Å². The molecule has 0 amide bonds. The second kappa shape index (κ2) is 6.52. The quantitative estimate of drug-likeness (QED) is 0.885. The maximum atomic E-state index is 5.36. The number of rotatable bonds is 6. The van der Waals surface area contributed by atoms with Gasteiger partial charge in [0.05, 0.1) is 26.5 Å². The zero-order valence-corrected chi connectivity index (χ0v) is 13.3. The van der Waals surface area contributed by atoms with Crippen LogP contribution >= 0.6 is 0 Å². The van der Waals surface area contributed by atoms with E-state index in [2.05, 4.69) is 30.5 Å². The van der Waals surface area contributed by atoms with Crippen molar-refractivity contribution in [1.29, 1.82) is 0 Å². The Balaban J connectivity index is 2.22. The second-order valence-corrected chi connectivity index (χ2v) is 5.02. The first-order valence-electron chi connectivity index (χ1n) is 7.10. The van der Waals surface area contributed by atoms with Crippen molar-refractivity contribution in [1.82, 2.24) is 9.78 Å².